The smallest absolute Gasteiger partial charge is 0.231 e. The maximum Gasteiger partial charge on any atom is 0.231 e. The summed E-state index contributed by atoms with van der Waals surface area (Å²) in [6.07, 6.45) is 9.14. The molecule has 5 nitrogen and oxygen atoms in total. The second-order valence-electron chi connectivity index (χ2n) is 6.76. The highest BCUT2D eigenvalue weighted by Gasteiger charge is 2.44. The second-order valence-corrected chi connectivity index (χ2v) is 6.76. The summed E-state index contributed by atoms with van der Waals surface area (Å²) in [7, 11) is 0. The Bertz CT molecular complexity index is 488. The lowest BCUT2D eigenvalue weighted by atomic mass is 9.84. The van der Waals surface area contributed by atoms with Crippen LogP contribution >= 0.6 is 0 Å². The van der Waals surface area contributed by atoms with Gasteiger partial charge < -0.3 is 14.6 Å². The van der Waals surface area contributed by atoms with Gasteiger partial charge in [0, 0.05) is 6.04 Å². The first kappa shape index (κ1) is 13.7. The summed E-state index contributed by atoms with van der Waals surface area (Å²) in [5.74, 6) is 2.48. The molecule has 1 aromatic heterocycles. The highest BCUT2D eigenvalue weighted by molar-refractivity contribution is 5.09. The van der Waals surface area contributed by atoms with Crippen LogP contribution in [-0.4, -0.2) is 34.9 Å². The van der Waals surface area contributed by atoms with Gasteiger partial charge >= 0.3 is 0 Å². The van der Waals surface area contributed by atoms with E-state index >= 15 is 0 Å². The lowest BCUT2D eigenvalue weighted by molar-refractivity contribution is 0.0996. The predicted octanol–water partition coefficient (Wildman–Crippen LogP) is 2.74. The molecule has 116 valence electrons. The minimum absolute atomic E-state index is 0.330. The Labute approximate surface area is 125 Å². The predicted molar refractivity (Wildman–Crippen MR) is 78.2 cm³/mol. The molecule has 1 aromatic rings. The number of rotatable bonds is 4. The van der Waals surface area contributed by atoms with Crippen molar-refractivity contribution in [3.05, 3.63) is 11.7 Å². The summed E-state index contributed by atoms with van der Waals surface area (Å²) in [4.78, 5) is 4.77. The van der Waals surface area contributed by atoms with Crippen LogP contribution in [0.3, 0.4) is 0 Å². The van der Waals surface area contributed by atoms with Crippen molar-refractivity contribution in [3.8, 4) is 0 Å². The second kappa shape index (κ2) is 5.69. The Hall–Kier alpha value is -0.940. The maximum absolute atomic E-state index is 5.92. The van der Waals surface area contributed by atoms with E-state index in [9.17, 15) is 0 Å². The molecule has 3 heterocycles. The van der Waals surface area contributed by atoms with Crippen LogP contribution in [0.15, 0.2) is 4.52 Å². The molecule has 5 atom stereocenters. The number of hydrogen-bond acceptors (Lipinski definition) is 5. The molecular weight excluding hydrogens is 266 g/mol. The van der Waals surface area contributed by atoms with Gasteiger partial charge in [0.25, 0.3) is 0 Å². The zero-order chi connectivity index (χ0) is 14.2. The maximum atomic E-state index is 5.92. The van der Waals surface area contributed by atoms with Gasteiger partial charge in [-0.25, -0.2) is 0 Å². The van der Waals surface area contributed by atoms with Crippen LogP contribution in [0.25, 0.3) is 0 Å². The lowest BCUT2D eigenvalue weighted by Gasteiger charge is -2.29. The van der Waals surface area contributed by atoms with Crippen molar-refractivity contribution in [1.29, 1.82) is 0 Å². The summed E-state index contributed by atoms with van der Waals surface area (Å²) in [5.41, 5.74) is 0. The number of hydrogen-bond donors (Lipinski definition) is 1. The summed E-state index contributed by atoms with van der Waals surface area (Å²) >= 11 is 0. The first-order chi connectivity index (χ1) is 10.3. The van der Waals surface area contributed by atoms with Crippen LogP contribution in [0, 0.1) is 0 Å². The fraction of sp³-hybridized carbons (Fsp3) is 0.875. The van der Waals surface area contributed by atoms with Crippen LogP contribution in [0.1, 0.15) is 75.4 Å². The van der Waals surface area contributed by atoms with E-state index < -0.39 is 0 Å². The molecule has 0 radical (unpaired) electrons. The average molecular weight is 291 g/mol. The van der Waals surface area contributed by atoms with E-state index in [1.807, 2.05) is 0 Å². The van der Waals surface area contributed by atoms with Gasteiger partial charge in [-0.05, 0) is 38.6 Å². The van der Waals surface area contributed by atoms with Gasteiger partial charge in [-0.2, -0.15) is 4.98 Å². The molecule has 2 saturated heterocycles. The Kier molecular flexibility index (Phi) is 3.71. The minimum atomic E-state index is 0.330. The fourth-order valence-electron chi connectivity index (χ4n) is 4.39. The SMILES string of the molecule is CCNC1CCCCC1c1nc(C2CC3CCC2O3)no1. The molecular formula is C16H25N3O2. The molecule has 2 aliphatic heterocycles. The number of likely N-dealkylation sites (N-methyl/N-ethyl adjacent to an activating group) is 1. The third-order valence-corrected chi connectivity index (χ3v) is 5.44. The van der Waals surface area contributed by atoms with Gasteiger partial charge in [0.05, 0.1) is 24.0 Å². The van der Waals surface area contributed by atoms with Crippen LogP contribution in [0.4, 0.5) is 0 Å². The van der Waals surface area contributed by atoms with Crippen molar-refractivity contribution < 1.29 is 9.26 Å². The van der Waals surface area contributed by atoms with Crippen LogP contribution in [0.5, 0.6) is 0 Å². The lowest BCUT2D eigenvalue weighted by Crippen LogP contribution is -2.37. The largest absolute Gasteiger partial charge is 0.374 e. The first-order valence-electron chi connectivity index (χ1n) is 8.57. The van der Waals surface area contributed by atoms with Gasteiger partial charge in [0.1, 0.15) is 0 Å². The van der Waals surface area contributed by atoms with Crippen LogP contribution in [0.2, 0.25) is 0 Å². The van der Waals surface area contributed by atoms with Gasteiger partial charge in [-0.15, -0.1) is 0 Å². The van der Waals surface area contributed by atoms with Crippen molar-refractivity contribution in [3.63, 3.8) is 0 Å². The summed E-state index contributed by atoms with van der Waals surface area (Å²) in [6, 6.07) is 0.494. The van der Waals surface area contributed by atoms with Crippen molar-refractivity contribution >= 4 is 0 Å². The monoisotopic (exact) mass is 291 g/mol. The van der Waals surface area contributed by atoms with Gasteiger partial charge in [-0.1, -0.05) is 24.9 Å². The zero-order valence-electron chi connectivity index (χ0n) is 12.8. The normalized spacial score (nSPS) is 39.0. The fourth-order valence-corrected chi connectivity index (χ4v) is 4.39. The van der Waals surface area contributed by atoms with E-state index in [2.05, 4.69) is 17.4 Å². The third kappa shape index (κ3) is 2.50. The van der Waals surface area contributed by atoms with Gasteiger partial charge in [0.15, 0.2) is 5.82 Å². The summed E-state index contributed by atoms with van der Waals surface area (Å²) < 4.78 is 11.6. The molecule has 1 aliphatic carbocycles. The number of aromatic nitrogens is 2. The molecule has 5 unspecified atom stereocenters. The average Bonchev–Trinajstić information content (AvgIpc) is 3.24. The van der Waals surface area contributed by atoms with Crippen LogP contribution in [-0.2, 0) is 4.74 Å². The van der Waals surface area contributed by atoms with E-state index in [4.69, 9.17) is 14.2 Å². The standard InChI is InChI=1S/C16H25N3O2/c1-2-17-13-6-4-3-5-11(13)16-18-15(19-21-16)12-9-10-7-8-14(12)20-10/h10-14,17H,2-9H2,1H3. The number of nitrogens with one attached hydrogen (secondary N) is 1. The van der Waals surface area contributed by atoms with Crippen LogP contribution < -0.4 is 5.32 Å². The number of nitrogens with zero attached hydrogens (tertiary/aromatic N) is 2. The van der Waals surface area contributed by atoms with Crippen molar-refractivity contribution in [1.82, 2.24) is 15.5 Å². The van der Waals surface area contributed by atoms with Gasteiger partial charge in [-0.3, -0.25) is 0 Å². The third-order valence-electron chi connectivity index (χ3n) is 5.44. The molecule has 3 aliphatic rings. The van der Waals surface area contributed by atoms with E-state index in [1.165, 1.54) is 25.7 Å². The Morgan fingerprint density at radius 3 is 2.81 bits per heavy atom. The molecule has 2 bridgehead atoms. The van der Waals surface area contributed by atoms with E-state index in [-0.39, 0.29) is 0 Å². The number of ether oxygens (including phenoxy) is 1. The molecule has 0 spiro atoms. The Morgan fingerprint density at radius 2 is 2.05 bits per heavy atom. The first-order valence-corrected chi connectivity index (χ1v) is 8.57. The van der Waals surface area contributed by atoms with E-state index in [0.717, 1.165) is 37.5 Å². The molecule has 0 amide bonds. The minimum Gasteiger partial charge on any atom is -0.374 e. The van der Waals surface area contributed by atoms with Crippen molar-refractivity contribution in [2.45, 2.75) is 82.0 Å². The molecule has 1 saturated carbocycles. The summed E-state index contributed by atoms with van der Waals surface area (Å²) in [5, 5.41) is 7.88. The number of fused-ring (bicyclic) bond motifs is 2. The topological polar surface area (TPSA) is 60.2 Å². The highest BCUT2D eigenvalue weighted by atomic mass is 16.5. The van der Waals surface area contributed by atoms with E-state index in [0.29, 0.717) is 30.1 Å². The highest BCUT2D eigenvalue weighted by Crippen LogP contribution is 2.44. The molecule has 1 N–H and O–H groups in total. The Morgan fingerprint density at radius 1 is 1.14 bits per heavy atom. The molecule has 21 heavy (non-hydrogen) atoms. The van der Waals surface area contributed by atoms with Crippen molar-refractivity contribution in [2.24, 2.45) is 0 Å². The quantitative estimate of drug-likeness (QED) is 0.924. The summed E-state index contributed by atoms with van der Waals surface area (Å²) in [6.45, 7) is 3.17. The van der Waals surface area contributed by atoms with E-state index in [1.54, 1.807) is 0 Å². The van der Waals surface area contributed by atoms with Crippen molar-refractivity contribution in [2.75, 3.05) is 6.54 Å². The molecule has 0 aromatic carbocycles. The molecule has 5 heteroatoms. The molecule has 3 fully saturated rings. The Balaban J connectivity index is 1.50. The zero-order valence-corrected chi connectivity index (χ0v) is 12.8. The molecule has 4 rings (SSSR count). The van der Waals surface area contributed by atoms with Gasteiger partial charge in [0.2, 0.25) is 5.89 Å².